The number of nitrogens with zero attached hydrogens (tertiary/aromatic N) is 2. The fourth-order valence-electron chi connectivity index (χ4n) is 5.02. The van der Waals surface area contributed by atoms with Gasteiger partial charge in [-0.2, -0.15) is 0 Å². The van der Waals surface area contributed by atoms with E-state index in [9.17, 15) is 18.0 Å². The molecule has 0 bridgehead atoms. The van der Waals surface area contributed by atoms with E-state index in [-0.39, 0.29) is 23.1 Å². The topological polar surface area (TPSA) is 108 Å². The molecule has 1 fully saturated rings. The Kier molecular flexibility index (Phi) is 6.60. The van der Waals surface area contributed by atoms with Crippen molar-refractivity contribution in [3.05, 3.63) is 53.6 Å². The fraction of sp³-hybridized carbons (Fsp3) is 0.423. The summed E-state index contributed by atoms with van der Waals surface area (Å²) in [6.45, 7) is 0.930. The Labute approximate surface area is 205 Å². The van der Waals surface area contributed by atoms with Crippen molar-refractivity contribution in [1.82, 2.24) is 4.72 Å². The molecule has 1 unspecified atom stereocenters. The van der Waals surface area contributed by atoms with Crippen LogP contribution in [0.15, 0.2) is 52.4 Å². The third-order valence-electron chi connectivity index (χ3n) is 6.93. The van der Waals surface area contributed by atoms with Gasteiger partial charge in [0, 0.05) is 37.3 Å². The van der Waals surface area contributed by atoms with E-state index >= 15 is 0 Å². The molecule has 1 saturated heterocycles. The second-order valence-electron chi connectivity index (χ2n) is 9.47. The van der Waals surface area contributed by atoms with E-state index in [1.54, 1.807) is 17.0 Å². The number of sulfonamides is 1. The summed E-state index contributed by atoms with van der Waals surface area (Å²) in [6, 6.07) is 12.3. The Morgan fingerprint density at radius 3 is 2.71 bits per heavy atom. The van der Waals surface area contributed by atoms with Crippen LogP contribution in [-0.2, 0) is 32.5 Å². The van der Waals surface area contributed by atoms with Crippen LogP contribution in [0.1, 0.15) is 49.7 Å². The molecule has 9 heteroatoms. The van der Waals surface area contributed by atoms with Gasteiger partial charge < -0.3 is 10.2 Å². The maximum atomic E-state index is 13.0. The Morgan fingerprint density at radius 2 is 1.83 bits per heavy atom. The van der Waals surface area contributed by atoms with Crippen molar-refractivity contribution in [2.75, 3.05) is 23.3 Å². The number of hydrogen-bond acceptors (Lipinski definition) is 5. The van der Waals surface area contributed by atoms with Gasteiger partial charge in [-0.3, -0.25) is 19.3 Å². The van der Waals surface area contributed by atoms with Gasteiger partial charge in [0.1, 0.15) is 5.84 Å². The number of nitrogens with one attached hydrogen (secondary N) is 2. The van der Waals surface area contributed by atoms with Crippen LogP contribution in [0.3, 0.4) is 0 Å². The molecule has 3 aliphatic rings. The zero-order valence-electron chi connectivity index (χ0n) is 19.6. The number of aryl methyl sites for hydroxylation is 2. The second kappa shape index (κ2) is 9.81. The number of amides is 2. The highest BCUT2D eigenvalue weighted by Gasteiger charge is 2.35. The number of fused-ring (bicyclic) bond motifs is 1. The second-order valence-corrected chi connectivity index (χ2v) is 11.2. The lowest BCUT2D eigenvalue weighted by Crippen LogP contribution is -2.31. The van der Waals surface area contributed by atoms with Crippen molar-refractivity contribution in [2.45, 2.75) is 56.3 Å². The van der Waals surface area contributed by atoms with Gasteiger partial charge in [0.2, 0.25) is 11.8 Å². The molecular weight excluding hydrogens is 464 g/mol. The van der Waals surface area contributed by atoms with Crippen LogP contribution >= 0.6 is 0 Å². The van der Waals surface area contributed by atoms with Crippen LogP contribution in [-0.4, -0.2) is 39.2 Å². The van der Waals surface area contributed by atoms with Gasteiger partial charge in [-0.1, -0.05) is 18.6 Å². The summed E-state index contributed by atoms with van der Waals surface area (Å²) in [5.74, 6) is -0.395. The first-order chi connectivity index (χ1) is 16.9. The first-order valence-corrected chi connectivity index (χ1v) is 13.8. The van der Waals surface area contributed by atoms with E-state index in [1.165, 1.54) is 23.3 Å². The molecule has 0 saturated carbocycles. The average molecular weight is 495 g/mol. The van der Waals surface area contributed by atoms with E-state index < -0.39 is 15.9 Å². The van der Waals surface area contributed by atoms with Gasteiger partial charge >= 0.3 is 0 Å². The monoisotopic (exact) mass is 494 g/mol. The van der Waals surface area contributed by atoms with Gasteiger partial charge in [-0.15, -0.1) is 0 Å². The summed E-state index contributed by atoms with van der Waals surface area (Å²) in [7, 11) is -3.81. The summed E-state index contributed by atoms with van der Waals surface area (Å²) in [5.41, 5.74) is 3.84. The summed E-state index contributed by atoms with van der Waals surface area (Å²) >= 11 is 0. The van der Waals surface area contributed by atoms with Crippen LogP contribution in [0.4, 0.5) is 11.4 Å². The molecule has 0 radical (unpaired) electrons. The highest BCUT2D eigenvalue weighted by Crippen LogP contribution is 2.31. The predicted octanol–water partition coefficient (Wildman–Crippen LogP) is 3.42. The van der Waals surface area contributed by atoms with E-state index in [2.05, 4.69) is 27.2 Å². The van der Waals surface area contributed by atoms with Crippen LogP contribution in [0.5, 0.6) is 0 Å². The van der Waals surface area contributed by atoms with Crippen LogP contribution in [0, 0.1) is 5.92 Å². The molecular formula is C26H30N4O4S. The molecule has 2 amide bonds. The third-order valence-corrected chi connectivity index (χ3v) is 8.31. The van der Waals surface area contributed by atoms with Crippen molar-refractivity contribution in [2.24, 2.45) is 10.9 Å². The van der Waals surface area contributed by atoms with Gasteiger partial charge in [0.15, 0.2) is 0 Å². The maximum absolute atomic E-state index is 13.0. The Hall–Kier alpha value is -3.20. The van der Waals surface area contributed by atoms with Crippen molar-refractivity contribution >= 4 is 39.0 Å². The summed E-state index contributed by atoms with van der Waals surface area (Å²) in [6.07, 6.45) is 6.86. The zero-order chi connectivity index (χ0) is 24.4. The average Bonchev–Trinajstić information content (AvgIpc) is 3.38. The number of carbonyl (C=O) groups is 2. The largest absolute Gasteiger partial charge is 0.326 e. The van der Waals surface area contributed by atoms with Gasteiger partial charge in [-0.05, 0) is 73.6 Å². The van der Waals surface area contributed by atoms with Crippen LogP contribution in [0.25, 0.3) is 0 Å². The molecule has 0 aromatic heterocycles. The Balaban J connectivity index is 1.25. The van der Waals surface area contributed by atoms with E-state index in [4.69, 9.17) is 0 Å². The highest BCUT2D eigenvalue weighted by atomic mass is 32.2. The van der Waals surface area contributed by atoms with E-state index in [1.807, 2.05) is 6.07 Å². The molecule has 1 aliphatic carbocycles. The highest BCUT2D eigenvalue weighted by molar-refractivity contribution is 7.90. The molecule has 35 heavy (non-hydrogen) atoms. The number of carbonyl (C=O) groups excluding carboxylic acids is 2. The van der Waals surface area contributed by atoms with Gasteiger partial charge in [-0.25, -0.2) is 8.42 Å². The lowest BCUT2D eigenvalue weighted by atomic mass is 10.1. The van der Waals surface area contributed by atoms with Crippen molar-refractivity contribution in [1.29, 1.82) is 0 Å². The number of hydrogen-bond donors (Lipinski definition) is 2. The SMILES string of the molecule is O=C(Nc1cccc(S(=O)(=O)NC2=NCCCCC2)c1)C1CC(=O)N(c2ccc3c(c2)CCC3)C1. The standard InChI is InChI=1S/C26H30N4O4S/c31-25-15-20(17-30(25)22-12-11-18-6-4-7-19(18)14-22)26(32)28-21-8-5-9-23(16-21)35(33,34)29-24-10-2-1-3-13-27-24/h5,8-9,11-12,14,16,20H,1-4,6-7,10,13,15,17H2,(H,27,29)(H,28,32). The molecule has 8 nitrogen and oxygen atoms in total. The smallest absolute Gasteiger partial charge is 0.262 e. The third kappa shape index (κ3) is 5.24. The zero-order valence-corrected chi connectivity index (χ0v) is 20.4. The summed E-state index contributed by atoms with van der Waals surface area (Å²) in [5, 5.41) is 2.80. The minimum absolute atomic E-state index is 0.0597. The van der Waals surface area contributed by atoms with Crippen LogP contribution < -0.4 is 14.9 Å². The molecule has 0 spiro atoms. The van der Waals surface area contributed by atoms with Crippen molar-refractivity contribution in [3.8, 4) is 0 Å². The normalized spacial score (nSPS) is 20.2. The number of aliphatic imine (C=N–C) groups is 1. The van der Waals surface area contributed by atoms with E-state index in [0.29, 0.717) is 31.0 Å². The number of anilines is 2. The molecule has 2 aromatic rings. The predicted molar refractivity (Wildman–Crippen MR) is 135 cm³/mol. The molecule has 2 N–H and O–H groups in total. The van der Waals surface area contributed by atoms with Crippen molar-refractivity contribution in [3.63, 3.8) is 0 Å². The lowest BCUT2D eigenvalue weighted by Gasteiger charge is -2.18. The quantitative estimate of drug-likeness (QED) is 0.664. The van der Waals surface area contributed by atoms with Gasteiger partial charge in [0.05, 0.1) is 10.8 Å². The van der Waals surface area contributed by atoms with E-state index in [0.717, 1.165) is 44.2 Å². The molecule has 2 heterocycles. The minimum Gasteiger partial charge on any atom is -0.326 e. The Morgan fingerprint density at radius 1 is 0.971 bits per heavy atom. The number of amidine groups is 1. The Bertz CT molecular complexity index is 1290. The molecule has 2 aliphatic heterocycles. The number of benzene rings is 2. The summed E-state index contributed by atoms with van der Waals surface area (Å²) in [4.78, 5) is 31.7. The first-order valence-electron chi connectivity index (χ1n) is 12.3. The minimum atomic E-state index is -3.81. The number of rotatable bonds is 5. The first kappa shape index (κ1) is 23.5. The molecule has 1 atom stereocenters. The lowest BCUT2D eigenvalue weighted by molar-refractivity contribution is -0.122. The summed E-state index contributed by atoms with van der Waals surface area (Å²) < 4.78 is 28.3. The molecule has 2 aromatic carbocycles. The van der Waals surface area contributed by atoms with Crippen molar-refractivity contribution < 1.29 is 18.0 Å². The van der Waals surface area contributed by atoms with Gasteiger partial charge in [0.25, 0.3) is 10.0 Å². The molecule has 5 rings (SSSR count). The fourth-order valence-corrected chi connectivity index (χ4v) is 6.15. The maximum Gasteiger partial charge on any atom is 0.262 e. The van der Waals surface area contributed by atoms with Crippen LogP contribution in [0.2, 0.25) is 0 Å². The molecule has 184 valence electrons.